The minimum absolute atomic E-state index is 0.0241. The second-order valence-corrected chi connectivity index (χ2v) is 9.42. The predicted molar refractivity (Wildman–Crippen MR) is 145 cm³/mol. The molecule has 0 aliphatic carbocycles. The molecule has 0 unspecified atom stereocenters. The Morgan fingerprint density at radius 2 is 1.71 bits per heavy atom. The van der Waals surface area contributed by atoms with Gasteiger partial charge in [-0.2, -0.15) is 5.10 Å². The van der Waals surface area contributed by atoms with Crippen LogP contribution in [0, 0.1) is 6.92 Å². The first-order chi connectivity index (χ1) is 16.8. The van der Waals surface area contributed by atoms with Crippen molar-refractivity contribution in [3.05, 3.63) is 89.5 Å². The van der Waals surface area contributed by atoms with E-state index in [1.807, 2.05) is 42.5 Å². The standard InChI is InChI=1S/C30H33N3O2/c1-6-33-28-16-21(2)25(17-27(28)22(3)18-30(33,4)5)19-31-32-29(34)20-35-26-14-12-24(13-15-26)23-10-8-7-9-11-23/h7-19H,6,20H2,1-5H3,(H,32,34)/b31-19+. The third-order valence-corrected chi connectivity index (χ3v) is 6.41. The quantitative estimate of drug-likeness (QED) is 0.332. The second-order valence-electron chi connectivity index (χ2n) is 9.42. The van der Waals surface area contributed by atoms with Gasteiger partial charge in [-0.05, 0) is 86.7 Å². The van der Waals surface area contributed by atoms with E-state index >= 15 is 0 Å². The zero-order valence-electron chi connectivity index (χ0n) is 21.1. The first-order valence-corrected chi connectivity index (χ1v) is 12.0. The summed E-state index contributed by atoms with van der Waals surface area (Å²) in [5, 5.41) is 4.17. The molecule has 1 aliphatic heterocycles. The molecule has 1 aliphatic rings. The maximum atomic E-state index is 12.3. The van der Waals surface area contributed by atoms with E-state index in [2.05, 4.69) is 80.4 Å². The van der Waals surface area contributed by atoms with Crippen LogP contribution in [0.5, 0.6) is 5.75 Å². The fourth-order valence-corrected chi connectivity index (χ4v) is 4.69. The highest BCUT2D eigenvalue weighted by molar-refractivity contribution is 5.90. The molecule has 0 bridgehead atoms. The van der Waals surface area contributed by atoms with E-state index in [-0.39, 0.29) is 18.1 Å². The van der Waals surface area contributed by atoms with Crippen LogP contribution in [0.2, 0.25) is 0 Å². The number of nitrogens with one attached hydrogen (secondary N) is 1. The number of hydrogen-bond acceptors (Lipinski definition) is 4. The number of hydrazone groups is 1. The van der Waals surface area contributed by atoms with Crippen molar-refractivity contribution in [2.45, 2.75) is 40.2 Å². The summed E-state index contributed by atoms with van der Waals surface area (Å²) in [6.07, 6.45) is 4.01. The average molecular weight is 468 g/mol. The number of aryl methyl sites for hydroxylation is 1. The number of amides is 1. The number of carbonyl (C=O) groups excluding carboxylic acids is 1. The molecule has 35 heavy (non-hydrogen) atoms. The van der Waals surface area contributed by atoms with Crippen LogP contribution >= 0.6 is 0 Å². The molecule has 0 aromatic heterocycles. The van der Waals surface area contributed by atoms with Gasteiger partial charge >= 0.3 is 0 Å². The lowest BCUT2D eigenvalue weighted by molar-refractivity contribution is -0.123. The number of carbonyl (C=O) groups is 1. The van der Waals surface area contributed by atoms with Crippen LogP contribution in [0.3, 0.4) is 0 Å². The smallest absolute Gasteiger partial charge is 0.277 e. The van der Waals surface area contributed by atoms with Crippen molar-refractivity contribution in [1.29, 1.82) is 0 Å². The maximum absolute atomic E-state index is 12.3. The van der Waals surface area contributed by atoms with Crippen molar-refractivity contribution in [2.24, 2.45) is 5.10 Å². The van der Waals surface area contributed by atoms with Gasteiger partial charge in [0.15, 0.2) is 6.61 Å². The lowest BCUT2D eigenvalue weighted by atomic mass is 9.87. The minimum atomic E-state index is -0.306. The summed E-state index contributed by atoms with van der Waals surface area (Å²) in [6.45, 7) is 11.7. The lowest BCUT2D eigenvalue weighted by Gasteiger charge is -2.43. The Kier molecular flexibility index (Phi) is 7.06. The Hall–Kier alpha value is -3.86. The van der Waals surface area contributed by atoms with Crippen molar-refractivity contribution in [2.75, 3.05) is 18.1 Å². The monoisotopic (exact) mass is 467 g/mol. The molecule has 3 aromatic carbocycles. The van der Waals surface area contributed by atoms with E-state index in [0.717, 1.165) is 28.8 Å². The molecular formula is C30H33N3O2. The van der Waals surface area contributed by atoms with E-state index in [9.17, 15) is 4.79 Å². The third-order valence-electron chi connectivity index (χ3n) is 6.41. The van der Waals surface area contributed by atoms with Crippen molar-refractivity contribution in [3.63, 3.8) is 0 Å². The lowest BCUT2D eigenvalue weighted by Crippen LogP contribution is -2.45. The van der Waals surface area contributed by atoms with E-state index in [1.54, 1.807) is 6.21 Å². The molecule has 1 heterocycles. The molecule has 1 amide bonds. The molecule has 5 heteroatoms. The largest absolute Gasteiger partial charge is 0.484 e. The molecular weight excluding hydrogens is 434 g/mol. The van der Waals surface area contributed by atoms with Gasteiger partial charge in [0.25, 0.3) is 5.91 Å². The number of benzene rings is 3. The van der Waals surface area contributed by atoms with Gasteiger partial charge in [0.1, 0.15) is 5.75 Å². The van der Waals surface area contributed by atoms with Gasteiger partial charge in [0.2, 0.25) is 0 Å². The summed E-state index contributed by atoms with van der Waals surface area (Å²) in [5.41, 5.74) is 10.6. The van der Waals surface area contributed by atoms with Crippen LogP contribution in [-0.4, -0.2) is 30.8 Å². The van der Waals surface area contributed by atoms with Crippen molar-refractivity contribution >= 4 is 23.4 Å². The minimum Gasteiger partial charge on any atom is -0.484 e. The summed E-state index contributed by atoms with van der Waals surface area (Å²) in [5.74, 6) is 0.332. The zero-order chi connectivity index (χ0) is 25.0. The van der Waals surface area contributed by atoms with Crippen LogP contribution in [0.1, 0.15) is 44.4 Å². The molecule has 0 saturated carbocycles. The average Bonchev–Trinajstić information content (AvgIpc) is 2.84. The van der Waals surface area contributed by atoms with Crippen LogP contribution in [0.25, 0.3) is 16.7 Å². The van der Waals surface area contributed by atoms with Gasteiger partial charge in [0.05, 0.1) is 11.8 Å². The van der Waals surface area contributed by atoms with Crippen LogP contribution in [-0.2, 0) is 4.79 Å². The summed E-state index contributed by atoms with van der Waals surface area (Å²) >= 11 is 0. The first-order valence-electron chi connectivity index (χ1n) is 12.0. The number of likely N-dealkylation sites (N-methyl/N-ethyl adjacent to an activating group) is 1. The Morgan fingerprint density at radius 1 is 1.03 bits per heavy atom. The van der Waals surface area contributed by atoms with Gasteiger partial charge in [-0.15, -0.1) is 0 Å². The maximum Gasteiger partial charge on any atom is 0.277 e. The highest BCUT2D eigenvalue weighted by Crippen LogP contribution is 2.39. The Morgan fingerprint density at radius 3 is 2.40 bits per heavy atom. The van der Waals surface area contributed by atoms with Gasteiger partial charge in [-0.1, -0.05) is 48.5 Å². The summed E-state index contributed by atoms with van der Waals surface area (Å²) in [6, 6.07) is 22.2. The summed E-state index contributed by atoms with van der Waals surface area (Å²) in [4.78, 5) is 14.7. The normalized spacial score (nSPS) is 14.4. The highest BCUT2D eigenvalue weighted by atomic mass is 16.5. The fourth-order valence-electron chi connectivity index (χ4n) is 4.69. The number of anilines is 1. The molecule has 0 spiro atoms. The second kappa shape index (κ2) is 10.2. The molecule has 5 nitrogen and oxygen atoms in total. The molecule has 0 saturated heterocycles. The van der Waals surface area contributed by atoms with E-state index < -0.39 is 0 Å². The van der Waals surface area contributed by atoms with E-state index in [0.29, 0.717) is 5.75 Å². The number of fused-ring (bicyclic) bond motifs is 1. The SMILES string of the molecule is CCN1c2cc(C)c(/C=N/NC(=O)COc3ccc(-c4ccccc4)cc3)cc2C(C)=CC1(C)C. The van der Waals surface area contributed by atoms with Crippen molar-refractivity contribution in [3.8, 4) is 16.9 Å². The number of hydrogen-bond donors (Lipinski definition) is 1. The van der Waals surface area contributed by atoms with Crippen LogP contribution in [0.15, 0.2) is 77.9 Å². The summed E-state index contributed by atoms with van der Waals surface area (Å²) in [7, 11) is 0. The third kappa shape index (κ3) is 5.46. The first kappa shape index (κ1) is 24.3. The van der Waals surface area contributed by atoms with Crippen LogP contribution < -0.4 is 15.1 Å². The molecule has 0 atom stereocenters. The number of ether oxygens (including phenoxy) is 1. The van der Waals surface area contributed by atoms with Gasteiger partial charge in [-0.25, -0.2) is 5.43 Å². The van der Waals surface area contributed by atoms with Gasteiger partial charge in [0, 0.05) is 17.8 Å². The van der Waals surface area contributed by atoms with Gasteiger partial charge in [-0.3, -0.25) is 4.79 Å². The highest BCUT2D eigenvalue weighted by Gasteiger charge is 2.30. The van der Waals surface area contributed by atoms with Crippen molar-refractivity contribution in [1.82, 2.24) is 5.43 Å². The van der Waals surface area contributed by atoms with Gasteiger partial charge < -0.3 is 9.64 Å². The molecule has 0 radical (unpaired) electrons. The Labute approximate surface area is 208 Å². The molecule has 180 valence electrons. The van der Waals surface area contributed by atoms with Crippen LogP contribution in [0.4, 0.5) is 5.69 Å². The van der Waals surface area contributed by atoms with E-state index in [4.69, 9.17) is 4.74 Å². The fraction of sp³-hybridized carbons (Fsp3) is 0.267. The summed E-state index contributed by atoms with van der Waals surface area (Å²) < 4.78 is 5.62. The topological polar surface area (TPSA) is 53.9 Å². The molecule has 1 N–H and O–H groups in total. The number of rotatable bonds is 7. The zero-order valence-corrected chi connectivity index (χ0v) is 21.1. The van der Waals surface area contributed by atoms with E-state index in [1.165, 1.54) is 16.8 Å². The Balaban J connectivity index is 1.36. The Bertz CT molecular complexity index is 1260. The van der Waals surface area contributed by atoms with Crippen molar-refractivity contribution < 1.29 is 9.53 Å². The number of allylic oxidation sites excluding steroid dienone is 1. The number of nitrogens with zero attached hydrogens (tertiary/aromatic N) is 2. The molecule has 4 rings (SSSR count). The predicted octanol–water partition coefficient (Wildman–Crippen LogP) is 6.21. The molecule has 0 fully saturated rings. The molecule has 3 aromatic rings.